The number of rotatable bonds is 4. The van der Waals surface area contributed by atoms with Crippen molar-refractivity contribution in [2.24, 2.45) is 0 Å². The lowest BCUT2D eigenvalue weighted by molar-refractivity contribution is 0.970. The zero-order valence-corrected chi connectivity index (χ0v) is 8.69. The summed E-state index contributed by atoms with van der Waals surface area (Å²) >= 11 is 1.65. The van der Waals surface area contributed by atoms with Gasteiger partial charge in [0.1, 0.15) is 16.7 Å². The fourth-order valence-electron chi connectivity index (χ4n) is 0.887. The van der Waals surface area contributed by atoms with E-state index in [1.165, 1.54) is 0 Å². The maximum Gasteiger partial charge on any atom is 0.130 e. The van der Waals surface area contributed by atoms with E-state index in [0.29, 0.717) is 0 Å². The molecule has 0 aliphatic rings. The van der Waals surface area contributed by atoms with E-state index in [9.17, 15) is 0 Å². The largest absolute Gasteiger partial charge is 0.373 e. The van der Waals surface area contributed by atoms with Gasteiger partial charge in [0.25, 0.3) is 0 Å². The Morgan fingerprint density at radius 3 is 3.00 bits per heavy atom. The molecule has 0 saturated heterocycles. The number of thioether (sulfide) groups is 1. The average molecular weight is 195 g/mol. The van der Waals surface area contributed by atoms with E-state index < -0.39 is 0 Å². The molecule has 0 bridgehead atoms. The lowest BCUT2D eigenvalue weighted by Crippen LogP contribution is -1.97. The molecule has 4 heteroatoms. The fourth-order valence-corrected chi connectivity index (χ4v) is 1.57. The highest BCUT2D eigenvalue weighted by atomic mass is 32.2. The van der Waals surface area contributed by atoms with Gasteiger partial charge in [-0.2, -0.15) is 0 Å². The first kappa shape index (κ1) is 10.1. The molecule has 1 heterocycles. The molecule has 13 heavy (non-hydrogen) atoms. The highest BCUT2D eigenvalue weighted by Gasteiger charge is 1.99. The Morgan fingerprint density at radius 2 is 2.38 bits per heavy atom. The van der Waals surface area contributed by atoms with Gasteiger partial charge in [-0.25, -0.2) is 9.97 Å². The second-order valence-corrected chi connectivity index (χ2v) is 3.53. The van der Waals surface area contributed by atoms with Crippen LogP contribution in [-0.4, -0.2) is 22.8 Å². The fraction of sp³-hybridized carbons (Fsp3) is 0.333. The summed E-state index contributed by atoms with van der Waals surface area (Å²) in [5, 5.41) is 3.98. The monoisotopic (exact) mass is 195 g/mol. The van der Waals surface area contributed by atoms with E-state index in [-0.39, 0.29) is 0 Å². The predicted molar refractivity (Wildman–Crippen MR) is 57.2 cm³/mol. The lowest BCUT2D eigenvalue weighted by atomic mass is 10.5. The van der Waals surface area contributed by atoms with Gasteiger partial charge in [0, 0.05) is 18.9 Å². The van der Waals surface area contributed by atoms with E-state index in [4.69, 9.17) is 0 Å². The van der Waals surface area contributed by atoms with Crippen molar-refractivity contribution in [2.45, 2.75) is 11.9 Å². The molecule has 0 atom stereocenters. The molecule has 1 rings (SSSR count). The molecule has 0 unspecified atom stereocenters. The zero-order valence-electron chi connectivity index (χ0n) is 7.87. The third-order valence-electron chi connectivity index (χ3n) is 1.42. The van der Waals surface area contributed by atoms with E-state index in [0.717, 1.165) is 22.4 Å². The van der Waals surface area contributed by atoms with Crippen molar-refractivity contribution in [3.8, 4) is 0 Å². The Kier molecular flexibility index (Phi) is 3.76. The molecule has 0 saturated carbocycles. The Morgan fingerprint density at radius 1 is 1.62 bits per heavy atom. The first-order valence-corrected chi connectivity index (χ1v) is 5.02. The number of aryl methyl sites for hydroxylation is 1. The molecule has 0 spiro atoms. The van der Waals surface area contributed by atoms with Crippen LogP contribution in [0.15, 0.2) is 23.7 Å². The van der Waals surface area contributed by atoms with Gasteiger partial charge >= 0.3 is 0 Å². The van der Waals surface area contributed by atoms with Crippen LogP contribution in [0.4, 0.5) is 5.82 Å². The van der Waals surface area contributed by atoms with Crippen molar-refractivity contribution in [2.75, 3.05) is 18.1 Å². The number of aromatic nitrogens is 2. The topological polar surface area (TPSA) is 37.8 Å². The zero-order chi connectivity index (χ0) is 9.68. The van der Waals surface area contributed by atoms with Gasteiger partial charge in [-0.05, 0) is 6.92 Å². The van der Waals surface area contributed by atoms with Crippen LogP contribution in [-0.2, 0) is 0 Å². The molecule has 0 aromatic carbocycles. The summed E-state index contributed by atoms with van der Waals surface area (Å²) < 4.78 is 0. The van der Waals surface area contributed by atoms with E-state index in [1.807, 2.05) is 26.1 Å². The van der Waals surface area contributed by atoms with Crippen molar-refractivity contribution in [3.63, 3.8) is 0 Å². The van der Waals surface area contributed by atoms with Crippen LogP contribution in [0.1, 0.15) is 5.82 Å². The summed E-state index contributed by atoms with van der Waals surface area (Å²) in [6.07, 6.45) is 1.86. The molecule has 0 radical (unpaired) electrons. The molecular formula is C9H13N3S. The van der Waals surface area contributed by atoms with Crippen LogP contribution in [0, 0.1) is 6.92 Å². The molecule has 1 aromatic rings. The summed E-state index contributed by atoms with van der Waals surface area (Å²) in [6, 6.07) is 1.93. The Bertz CT molecular complexity index is 299. The van der Waals surface area contributed by atoms with Gasteiger partial charge in [-0.3, -0.25) is 0 Å². The smallest absolute Gasteiger partial charge is 0.130 e. The van der Waals surface area contributed by atoms with Crippen LogP contribution in [0.2, 0.25) is 0 Å². The summed E-state index contributed by atoms with van der Waals surface area (Å²) in [5.74, 6) is 2.53. The van der Waals surface area contributed by atoms with Crippen molar-refractivity contribution in [1.29, 1.82) is 0 Å². The van der Waals surface area contributed by atoms with E-state index >= 15 is 0 Å². The van der Waals surface area contributed by atoms with E-state index in [1.54, 1.807) is 11.8 Å². The molecule has 1 N–H and O–H groups in total. The van der Waals surface area contributed by atoms with Gasteiger partial charge in [-0.15, -0.1) is 18.3 Å². The molecule has 0 aliphatic heterocycles. The van der Waals surface area contributed by atoms with Crippen molar-refractivity contribution < 1.29 is 0 Å². The van der Waals surface area contributed by atoms with Gasteiger partial charge in [0.05, 0.1) is 0 Å². The third kappa shape index (κ3) is 3.06. The number of nitrogens with one attached hydrogen (secondary N) is 1. The Labute approximate surface area is 82.7 Å². The maximum absolute atomic E-state index is 4.28. The molecule has 1 aromatic heterocycles. The first-order chi connectivity index (χ1) is 6.26. The molecule has 0 aliphatic carbocycles. The second-order valence-electron chi connectivity index (χ2n) is 2.49. The minimum atomic E-state index is 0.790. The predicted octanol–water partition coefficient (Wildman–Crippen LogP) is 2.10. The Balaban J connectivity index is 2.81. The van der Waals surface area contributed by atoms with Gasteiger partial charge in [-0.1, -0.05) is 6.08 Å². The summed E-state index contributed by atoms with van der Waals surface area (Å²) in [7, 11) is 1.85. The SMILES string of the molecule is C=CCSc1cc(NC)nc(C)n1. The maximum atomic E-state index is 4.28. The van der Waals surface area contributed by atoms with Gasteiger partial charge < -0.3 is 5.32 Å². The van der Waals surface area contributed by atoms with Crippen LogP contribution in [0.3, 0.4) is 0 Å². The first-order valence-electron chi connectivity index (χ1n) is 4.03. The third-order valence-corrected chi connectivity index (χ3v) is 2.33. The molecular weight excluding hydrogens is 182 g/mol. The number of hydrogen-bond acceptors (Lipinski definition) is 4. The van der Waals surface area contributed by atoms with Crippen molar-refractivity contribution in [3.05, 3.63) is 24.5 Å². The minimum Gasteiger partial charge on any atom is -0.373 e. The summed E-state index contributed by atoms with van der Waals surface area (Å²) in [5.41, 5.74) is 0. The van der Waals surface area contributed by atoms with E-state index in [2.05, 4.69) is 21.9 Å². The number of nitrogens with zero attached hydrogens (tertiary/aromatic N) is 2. The van der Waals surface area contributed by atoms with Gasteiger partial charge in [0.15, 0.2) is 0 Å². The molecule has 70 valence electrons. The summed E-state index contributed by atoms with van der Waals surface area (Å²) in [6.45, 7) is 5.55. The molecule has 3 nitrogen and oxygen atoms in total. The average Bonchev–Trinajstić information content (AvgIpc) is 2.14. The van der Waals surface area contributed by atoms with Crippen LogP contribution < -0.4 is 5.32 Å². The van der Waals surface area contributed by atoms with Crippen LogP contribution in [0.25, 0.3) is 0 Å². The quantitative estimate of drug-likeness (QED) is 0.453. The van der Waals surface area contributed by atoms with Crippen molar-refractivity contribution >= 4 is 17.6 Å². The minimum absolute atomic E-state index is 0.790. The Hall–Kier alpha value is -1.03. The van der Waals surface area contributed by atoms with Gasteiger partial charge in [0.2, 0.25) is 0 Å². The van der Waals surface area contributed by atoms with Crippen molar-refractivity contribution in [1.82, 2.24) is 9.97 Å². The number of hydrogen-bond donors (Lipinski definition) is 1. The highest BCUT2D eigenvalue weighted by Crippen LogP contribution is 2.17. The van der Waals surface area contributed by atoms with Crippen LogP contribution >= 0.6 is 11.8 Å². The summed E-state index contributed by atoms with van der Waals surface area (Å²) in [4.78, 5) is 8.48. The van der Waals surface area contributed by atoms with Crippen LogP contribution in [0.5, 0.6) is 0 Å². The number of anilines is 1. The molecule has 0 fully saturated rings. The highest BCUT2D eigenvalue weighted by molar-refractivity contribution is 7.99. The normalized spacial score (nSPS) is 9.69. The second kappa shape index (κ2) is 4.87. The lowest BCUT2D eigenvalue weighted by Gasteiger charge is -2.03. The molecule has 0 amide bonds. The standard InChI is InChI=1S/C9H13N3S/c1-4-5-13-9-6-8(10-3)11-7(2)12-9/h4,6H,1,5H2,2-3H3,(H,10,11,12).